The molecule has 1 aliphatic heterocycles. The maximum Gasteiger partial charge on any atom is 0.244 e. The maximum absolute atomic E-state index is 13.8. The van der Waals surface area contributed by atoms with Gasteiger partial charge in [0.15, 0.2) is 0 Å². The predicted octanol–water partition coefficient (Wildman–Crippen LogP) is 4.47. The molecule has 1 unspecified atom stereocenters. The molecule has 1 amide bonds. The molecule has 0 spiro atoms. The summed E-state index contributed by atoms with van der Waals surface area (Å²) in [5, 5.41) is 13.6. The fourth-order valence-electron chi connectivity index (χ4n) is 4.29. The van der Waals surface area contributed by atoms with E-state index in [-0.39, 0.29) is 17.9 Å². The van der Waals surface area contributed by atoms with Crippen molar-refractivity contribution in [2.45, 2.75) is 23.9 Å². The van der Waals surface area contributed by atoms with Crippen molar-refractivity contribution in [1.82, 2.24) is 4.31 Å². The third kappa shape index (κ3) is 4.05. The average Bonchev–Trinajstić information content (AvgIpc) is 2.88. The van der Waals surface area contributed by atoms with E-state index in [0.717, 1.165) is 21.9 Å². The van der Waals surface area contributed by atoms with Gasteiger partial charge in [0.1, 0.15) is 6.04 Å². The van der Waals surface area contributed by atoms with Crippen molar-refractivity contribution in [2.75, 3.05) is 5.32 Å². The van der Waals surface area contributed by atoms with Crippen LogP contribution >= 0.6 is 0 Å². The summed E-state index contributed by atoms with van der Waals surface area (Å²) < 4.78 is 28.9. The number of anilines is 1. The van der Waals surface area contributed by atoms with E-state index in [1.807, 2.05) is 54.6 Å². The lowest BCUT2D eigenvalue weighted by Crippen LogP contribution is -2.50. The van der Waals surface area contributed by atoms with Gasteiger partial charge in [0.25, 0.3) is 0 Å². The third-order valence-corrected chi connectivity index (χ3v) is 7.97. The molecule has 0 radical (unpaired) electrons. The molecular formula is C27H21N3O3S. The van der Waals surface area contributed by atoms with Crippen molar-refractivity contribution >= 4 is 32.4 Å². The second kappa shape index (κ2) is 8.75. The largest absolute Gasteiger partial charge is 0.325 e. The van der Waals surface area contributed by atoms with Crippen molar-refractivity contribution < 1.29 is 13.2 Å². The van der Waals surface area contributed by atoms with Crippen LogP contribution in [0.25, 0.3) is 10.8 Å². The highest BCUT2D eigenvalue weighted by Gasteiger charge is 2.39. The molecule has 168 valence electrons. The van der Waals surface area contributed by atoms with Crippen molar-refractivity contribution in [3.05, 3.63) is 108 Å². The molecule has 4 aromatic rings. The van der Waals surface area contributed by atoms with Crippen molar-refractivity contribution in [3.8, 4) is 6.07 Å². The quantitative estimate of drug-likeness (QED) is 0.480. The van der Waals surface area contributed by atoms with Crippen LogP contribution in [0.5, 0.6) is 0 Å². The smallest absolute Gasteiger partial charge is 0.244 e. The monoisotopic (exact) mass is 467 g/mol. The van der Waals surface area contributed by atoms with Crippen LogP contribution < -0.4 is 5.32 Å². The molecule has 0 fully saturated rings. The van der Waals surface area contributed by atoms with Gasteiger partial charge in [0.05, 0.1) is 16.5 Å². The zero-order chi connectivity index (χ0) is 23.7. The summed E-state index contributed by atoms with van der Waals surface area (Å²) in [6.45, 7) is 0.108. The van der Waals surface area contributed by atoms with Gasteiger partial charge in [-0.05, 0) is 64.7 Å². The summed E-state index contributed by atoms with van der Waals surface area (Å²) in [6, 6.07) is 27.8. The van der Waals surface area contributed by atoms with E-state index in [4.69, 9.17) is 5.26 Å². The van der Waals surface area contributed by atoms with Crippen LogP contribution in [0.2, 0.25) is 0 Å². The molecule has 1 aliphatic rings. The van der Waals surface area contributed by atoms with Crippen LogP contribution in [0.4, 0.5) is 5.69 Å². The fraction of sp³-hybridized carbons (Fsp3) is 0.111. The Balaban J connectivity index is 1.52. The summed E-state index contributed by atoms with van der Waals surface area (Å²) in [5.41, 5.74) is 2.82. The first-order chi connectivity index (χ1) is 16.5. The van der Waals surface area contributed by atoms with Gasteiger partial charge in [-0.2, -0.15) is 9.57 Å². The van der Waals surface area contributed by atoms with Gasteiger partial charge in [0, 0.05) is 12.2 Å². The molecule has 7 heteroatoms. The van der Waals surface area contributed by atoms with Crippen molar-refractivity contribution in [2.24, 2.45) is 0 Å². The van der Waals surface area contributed by atoms with Crippen LogP contribution in [-0.4, -0.2) is 24.7 Å². The van der Waals surface area contributed by atoms with Crippen LogP contribution in [0.3, 0.4) is 0 Å². The number of hydrogen-bond donors (Lipinski definition) is 1. The van der Waals surface area contributed by atoms with E-state index < -0.39 is 22.0 Å². The van der Waals surface area contributed by atoms with E-state index in [1.54, 1.807) is 42.5 Å². The van der Waals surface area contributed by atoms with Gasteiger partial charge >= 0.3 is 0 Å². The SMILES string of the molecule is N#Cc1ccc(NC(=O)C2Cc3ccccc3CN2S(=O)(=O)c2ccc3ccccc3c2)cc1. The van der Waals surface area contributed by atoms with Crippen molar-refractivity contribution in [3.63, 3.8) is 0 Å². The van der Waals surface area contributed by atoms with Crippen LogP contribution in [0, 0.1) is 11.3 Å². The Labute approximate surface area is 198 Å². The van der Waals surface area contributed by atoms with Gasteiger partial charge in [-0.3, -0.25) is 4.79 Å². The summed E-state index contributed by atoms with van der Waals surface area (Å²) in [5.74, 6) is -0.413. The highest BCUT2D eigenvalue weighted by molar-refractivity contribution is 7.89. The van der Waals surface area contributed by atoms with E-state index >= 15 is 0 Å². The van der Waals surface area contributed by atoms with Crippen molar-refractivity contribution in [1.29, 1.82) is 5.26 Å². The van der Waals surface area contributed by atoms with E-state index in [2.05, 4.69) is 5.32 Å². The van der Waals surface area contributed by atoms with E-state index in [0.29, 0.717) is 11.3 Å². The number of rotatable bonds is 4. The minimum absolute atomic E-state index is 0.108. The lowest BCUT2D eigenvalue weighted by Gasteiger charge is -2.35. The molecule has 0 aliphatic carbocycles. The Bertz CT molecular complexity index is 1540. The Morgan fingerprint density at radius 2 is 1.56 bits per heavy atom. The number of hydrogen-bond acceptors (Lipinski definition) is 4. The number of sulfonamides is 1. The lowest BCUT2D eigenvalue weighted by molar-refractivity contribution is -0.120. The predicted molar refractivity (Wildman–Crippen MR) is 130 cm³/mol. The molecule has 0 aromatic heterocycles. The van der Waals surface area contributed by atoms with Crippen LogP contribution in [-0.2, 0) is 27.8 Å². The minimum Gasteiger partial charge on any atom is -0.325 e. The van der Waals surface area contributed by atoms with E-state index in [9.17, 15) is 13.2 Å². The number of carbonyl (C=O) groups is 1. The summed E-state index contributed by atoms with van der Waals surface area (Å²) in [4.78, 5) is 13.5. The number of amides is 1. The molecule has 0 bridgehead atoms. The maximum atomic E-state index is 13.8. The Morgan fingerprint density at radius 3 is 2.29 bits per heavy atom. The molecular weight excluding hydrogens is 446 g/mol. The third-order valence-electron chi connectivity index (χ3n) is 6.12. The molecule has 34 heavy (non-hydrogen) atoms. The molecule has 0 saturated heterocycles. The Morgan fingerprint density at radius 1 is 0.882 bits per heavy atom. The average molecular weight is 468 g/mol. The number of carbonyl (C=O) groups excluding carboxylic acids is 1. The normalized spacial score (nSPS) is 15.9. The molecule has 1 N–H and O–H groups in total. The standard InChI is InChI=1S/C27H21N3O3S/c28-17-19-9-12-24(13-10-19)29-27(31)26-16-22-7-3-4-8-23(22)18-30(26)34(32,33)25-14-11-20-5-1-2-6-21(20)15-25/h1-15,26H,16,18H2,(H,29,31). The molecule has 1 atom stereocenters. The molecule has 5 rings (SSSR count). The molecule has 0 saturated carbocycles. The summed E-state index contributed by atoms with van der Waals surface area (Å²) in [7, 11) is -3.96. The Hall–Kier alpha value is -3.99. The summed E-state index contributed by atoms with van der Waals surface area (Å²) in [6.07, 6.45) is 0.269. The van der Waals surface area contributed by atoms with Gasteiger partial charge in [-0.25, -0.2) is 8.42 Å². The highest BCUT2D eigenvalue weighted by atomic mass is 32.2. The van der Waals surface area contributed by atoms with Crippen LogP contribution in [0.1, 0.15) is 16.7 Å². The number of nitriles is 1. The number of nitrogens with zero attached hydrogens (tertiary/aromatic N) is 2. The topological polar surface area (TPSA) is 90.3 Å². The molecule has 1 heterocycles. The fourth-order valence-corrected chi connectivity index (χ4v) is 5.89. The molecule has 6 nitrogen and oxygen atoms in total. The second-order valence-electron chi connectivity index (χ2n) is 8.23. The number of benzene rings is 4. The number of nitrogens with one attached hydrogen (secondary N) is 1. The molecule has 4 aromatic carbocycles. The van der Waals surface area contributed by atoms with Crippen LogP contribution in [0.15, 0.2) is 95.9 Å². The van der Waals surface area contributed by atoms with Gasteiger partial charge in [-0.1, -0.05) is 54.6 Å². The zero-order valence-electron chi connectivity index (χ0n) is 18.2. The second-order valence-corrected chi connectivity index (χ2v) is 10.1. The van der Waals surface area contributed by atoms with Gasteiger partial charge in [0.2, 0.25) is 15.9 Å². The zero-order valence-corrected chi connectivity index (χ0v) is 19.0. The Kier molecular flexibility index (Phi) is 5.62. The minimum atomic E-state index is -3.96. The van der Waals surface area contributed by atoms with E-state index in [1.165, 1.54) is 4.31 Å². The first kappa shape index (κ1) is 21.8. The summed E-state index contributed by atoms with van der Waals surface area (Å²) >= 11 is 0. The first-order valence-corrected chi connectivity index (χ1v) is 12.3. The highest BCUT2D eigenvalue weighted by Crippen LogP contribution is 2.31. The first-order valence-electron chi connectivity index (χ1n) is 10.8. The van der Waals surface area contributed by atoms with Gasteiger partial charge in [-0.15, -0.1) is 0 Å². The number of fused-ring (bicyclic) bond motifs is 2. The van der Waals surface area contributed by atoms with Gasteiger partial charge < -0.3 is 5.32 Å². The lowest BCUT2D eigenvalue weighted by atomic mass is 9.95.